The van der Waals surface area contributed by atoms with Crippen molar-refractivity contribution in [3.8, 4) is 0 Å². The van der Waals surface area contributed by atoms with Crippen LogP contribution in [0.4, 0.5) is 0 Å². The normalized spacial score (nSPS) is 25.3. The quantitative estimate of drug-likeness (QED) is 0.521. The zero-order valence-corrected chi connectivity index (χ0v) is 18.2. The lowest BCUT2D eigenvalue weighted by Gasteiger charge is -2.27. The predicted octanol–water partition coefficient (Wildman–Crippen LogP) is 3.46. The van der Waals surface area contributed by atoms with Gasteiger partial charge in [-0.1, -0.05) is 50.1 Å². The van der Waals surface area contributed by atoms with Gasteiger partial charge in [-0.3, -0.25) is 9.79 Å². The van der Waals surface area contributed by atoms with Crippen LogP contribution in [0.15, 0.2) is 35.3 Å². The molecule has 3 rings (SSSR count). The van der Waals surface area contributed by atoms with E-state index in [1.807, 2.05) is 11.0 Å². The van der Waals surface area contributed by atoms with Crippen molar-refractivity contribution in [3.63, 3.8) is 0 Å². The Bertz CT molecular complexity index is 652. The van der Waals surface area contributed by atoms with Gasteiger partial charge in [0.05, 0.1) is 0 Å². The predicted molar refractivity (Wildman–Crippen MR) is 120 cm³/mol. The summed E-state index contributed by atoms with van der Waals surface area (Å²) in [5.74, 6) is 3.15. The SMILES string of the molecule is CCNC(=NCC1CC(=O)N(CCc2ccccc2)C1)NCC1CCC(C)CC1. The highest BCUT2D eigenvalue weighted by Crippen LogP contribution is 2.27. The first-order chi connectivity index (χ1) is 14.1. The van der Waals surface area contributed by atoms with Crippen LogP contribution in [0.1, 0.15) is 51.5 Å². The number of likely N-dealkylation sites (tertiary alicyclic amines) is 1. The molecule has 1 heterocycles. The Labute approximate surface area is 176 Å². The van der Waals surface area contributed by atoms with E-state index in [2.05, 4.69) is 48.7 Å². The Morgan fingerprint density at radius 2 is 1.86 bits per heavy atom. The van der Waals surface area contributed by atoms with Crippen LogP contribution >= 0.6 is 0 Å². The number of nitrogens with one attached hydrogen (secondary N) is 2. The Morgan fingerprint density at radius 1 is 1.10 bits per heavy atom. The second kappa shape index (κ2) is 11.2. The van der Waals surface area contributed by atoms with Gasteiger partial charge >= 0.3 is 0 Å². The summed E-state index contributed by atoms with van der Waals surface area (Å²) < 4.78 is 0. The van der Waals surface area contributed by atoms with Gasteiger partial charge < -0.3 is 15.5 Å². The van der Waals surface area contributed by atoms with Crippen molar-refractivity contribution in [1.29, 1.82) is 0 Å². The lowest BCUT2D eigenvalue weighted by Crippen LogP contribution is -2.40. The van der Waals surface area contributed by atoms with Crippen molar-refractivity contribution >= 4 is 11.9 Å². The molecule has 0 aromatic heterocycles. The molecule has 1 saturated heterocycles. The number of nitrogens with zero attached hydrogens (tertiary/aromatic N) is 2. The van der Waals surface area contributed by atoms with Gasteiger partial charge in [0.1, 0.15) is 0 Å². The molecule has 1 aliphatic heterocycles. The van der Waals surface area contributed by atoms with Crippen molar-refractivity contribution in [3.05, 3.63) is 35.9 Å². The van der Waals surface area contributed by atoms with Crippen LogP contribution in [0.2, 0.25) is 0 Å². The zero-order valence-electron chi connectivity index (χ0n) is 18.2. The Hall–Kier alpha value is -2.04. The highest BCUT2D eigenvalue weighted by Gasteiger charge is 2.29. The molecule has 5 heteroatoms. The lowest BCUT2D eigenvalue weighted by atomic mass is 9.83. The standard InChI is InChI=1S/C24H38N4O/c1-3-25-24(26-16-21-11-9-19(2)10-12-21)27-17-22-15-23(29)28(18-22)14-13-20-7-5-4-6-8-20/h4-8,19,21-22H,3,9-18H2,1-2H3,(H2,25,26,27). The molecule has 160 valence electrons. The smallest absolute Gasteiger partial charge is 0.223 e. The first-order valence-electron chi connectivity index (χ1n) is 11.5. The maximum Gasteiger partial charge on any atom is 0.223 e. The molecule has 5 nitrogen and oxygen atoms in total. The third-order valence-corrected chi connectivity index (χ3v) is 6.35. The molecule has 1 aromatic rings. The fourth-order valence-electron chi connectivity index (χ4n) is 4.44. The maximum atomic E-state index is 12.4. The minimum absolute atomic E-state index is 0.274. The highest BCUT2D eigenvalue weighted by molar-refractivity contribution is 5.80. The average Bonchev–Trinajstić information content (AvgIpc) is 3.10. The summed E-state index contributed by atoms with van der Waals surface area (Å²) in [5.41, 5.74) is 1.29. The Morgan fingerprint density at radius 3 is 2.59 bits per heavy atom. The van der Waals surface area contributed by atoms with E-state index in [1.54, 1.807) is 0 Å². The number of aliphatic imine (C=N–C) groups is 1. The molecule has 1 unspecified atom stereocenters. The molecule has 2 fully saturated rings. The molecule has 1 aromatic carbocycles. The second-order valence-corrected chi connectivity index (χ2v) is 8.87. The summed E-state index contributed by atoms with van der Waals surface area (Å²) in [6, 6.07) is 10.4. The molecule has 1 aliphatic carbocycles. The van der Waals surface area contributed by atoms with Gasteiger partial charge in [-0.15, -0.1) is 0 Å². The van der Waals surface area contributed by atoms with Crippen LogP contribution in [0, 0.1) is 17.8 Å². The van der Waals surface area contributed by atoms with Gasteiger partial charge in [-0.2, -0.15) is 0 Å². The molecule has 0 bridgehead atoms. The first-order valence-corrected chi connectivity index (χ1v) is 11.5. The van der Waals surface area contributed by atoms with E-state index in [4.69, 9.17) is 4.99 Å². The minimum atomic E-state index is 0.274. The van der Waals surface area contributed by atoms with E-state index < -0.39 is 0 Å². The Kier molecular flexibility index (Phi) is 8.38. The van der Waals surface area contributed by atoms with Crippen LogP contribution < -0.4 is 10.6 Å². The van der Waals surface area contributed by atoms with Gasteiger partial charge in [0.2, 0.25) is 5.91 Å². The van der Waals surface area contributed by atoms with Gasteiger partial charge in [0, 0.05) is 45.1 Å². The number of hydrogen-bond acceptors (Lipinski definition) is 2. The van der Waals surface area contributed by atoms with Crippen LogP contribution in [0.3, 0.4) is 0 Å². The van der Waals surface area contributed by atoms with Crippen LogP contribution in [0.25, 0.3) is 0 Å². The maximum absolute atomic E-state index is 12.4. The Balaban J connectivity index is 1.43. The third-order valence-electron chi connectivity index (χ3n) is 6.35. The zero-order chi connectivity index (χ0) is 20.5. The van der Waals surface area contributed by atoms with Gasteiger partial charge in [0.25, 0.3) is 0 Å². The summed E-state index contributed by atoms with van der Waals surface area (Å²) in [5, 5.41) is 6.90. The molecule has 1 amide bonds. The fraction of sp³-hybridized carbons (Fsp3) is 0.667. The van der Waals surface area contributed by atoms with Crippen molar-refractivity contribution in [1.82, 2.24) is 15.5 Å². The van der Waals surface area contributed by atoms with E-state index in [1.165, 1.54) is 31.2 Å². The van der Waals surface area contributed by atoms with E-state index in [9.17, 15) is 4.79 Å². The van der Waals surface area contributed by atoms with Gasteiger partial charge in [-0.25, -0.2) is 0 Å². The van der Waals surface area contributed by atoms with Crippen molar-refractivity contribution in [2.24, 2.45) is 22.7 Å². The average molecular weight is 399 g/mol. The molecular formula is C24H38N4O. The summed E-state index contributed by atoms with van der Waals surface area (Å²) >= 11 is 0. The van der Waals surface area contributed by atoms with Gasteiger partial charge in [-0.05, 0) is 43.6 Å². The number of benzene rings is 1. The number of carbonyl (C=O) groups is 1. The third kappa shape index (κ3) is 7.06. The molecule has 0 radical (unpaired) electrons. The molecular weight excluding hydrogens is 360 g/mol. The number of guanidine groups is 1. The van der Waals surface area contributed by atoms with E-state index in [-0.39, 0.29) is 5.91 Å². The second-order valence-electron chi connectivity index (χ2n) is 8.87. The van der Waals surface area contributed by atoms with E-state index in [0.717, 1.165) is 50.4 Å². The number of rotatable bonds is 8. The minimum Gasteiger partial charge on any atom is -0.357 e. The molecule has 2 aliphatic rings. The fourth-order valence-corrected chi connectivity index (χ4v) is 4.44. The van der Waals surface area contributed by atoms with E-state index >= 15 is 0 Å². The molecule has 0 spiro atoms. The van der Waals surface area contributed by atoms with Crippen LogP contribution in [0.5, 0.6) is 0 Å². The van der Waals surface area contributed by atoms with Crippen LogP contribution in [-0.2, 0) is 11.2 Å². The van der Waals surface area contributed by atoms with E-state index in [0.29, 0.717) is 18.9 Å². The number of amides is 1. The summed E-state index contributed by atoms with van der Waals surface area (Å²) in [4.78, 5) is 19.2. The molecule has 2 N–H and O–H groups in total. The number of hydrogen-bond donors (Lipinski definition) is 2. The van der Waals surface area contributed by atoms with Crippen LogP contribution in [-0.4, -0.2) is 49.5 Å². The number of carbonyl (C=O) groups excluding carboxylic acids is 1. The van der Waals surface area contributed by atoms with Crippen molar-refractivity contribution in [2.45, 2.75) is 52.4 Å². The van der Waals surface area contributed by atoms with Gasteiger partial charge in [0.15, 0.2) is 5.96 Å². The molecule has 29 heavy (non-hydrogen) atoms. The monoisotopic (exact) mass is 398 g/mol. The summed E-state index contributed by atoms with van der Waals surface area (Å²) in [6.45, 7) is 8.68. The molecule has 1 atom stereocenters. The lowest BCUT2D eigenvalue weighted by molar-refractivity contribution is -0.127. The first kappa shape index (κ1) is 21.7. The highest BCUT2D eigenvalue weighted by atomic mass is 16.2. The summed E-state index contributed by atoms with van der Waals surface area (Å²) in [6.07, 6.45) is 6.89. The van der Waals surface area contributed by atoms with Crippen molar-refractivity contribution < 1.29 is 4.79 Å². The largest absolute Gasteiger partial charge is 0.357 e. The topological polar surface area (TPSA) is 56.7 Å². The summed E-state index contributed by atoms with van der Waals surface area (Å²) in [7, 11) is 0. The van der Waals surface area contributed by atoms with Crippen molar-refractivity contribution in [2.75, 3.05) is 32.7 Å². The molecule has 1 saturated carbocycles.